The summed E-state index contributed by atoms with van der Waals surface area (Å²) in [5.41, 5.74) is 1.33. The predicted molar refractivity (Wildman–Crippen MR) is 56.4 cm³/mol. The van der Waals surface area contributed by atoms with E-state index in [2.05, 4.69) is 42.1 Å². The van der Waals surface area contributed by atoms with E-state index in [4.69, 9.17) is 4.74 Å². The SMILES string of the molecule is CC(C)n1cccc1[C@H]1COCCN1. The maximum atomic E-state index is 5.46. The highest BCUT2D eigenvalue weighted by atomic mass is 16.5. The van der Waals surface area contributed by atoms with E-state index in [0.717, 1.165) is 19.8 Å². The third-order valence-corrected chi connectivity index (χ3v) is 2.65. The van der Waals surface area contributed by atoms with E-state index in [0.29, 0.717) is 12.1 Å². The standard InChI is InChI=1S/C11H18N2O/c1-9(2)13-6-3-4-11(13)10-8-14-7-5-12-10/h3-4,6,9-10,12H,5,7-8H2,1-2H3/t10-/m1/s1. The Morgan fingerprint density at radius 3 is 3.07 bits per heavy atom. The van der Waals surface area contributed by atoms with Crippen molar-refractivity contribution in [3.8, 4) is 0 Å². The lowest BCUT2D eigenvalue weighted by Gasteiger charge is -2.26. The molecule has 0 aromatic carbocycles. The summed E-state index contributed by atoms with van der Waals surface area (Å²) in [4.78, 5) is 0. The van der Waals surface area contributed by atoms with Crippen molar-refractivity contribution < 1.29 is 4.74 Å². The van der Waals surface area contributed by atoms with E-state index in [1.165, 1.54) is 5.69 Å². The molecule has 0 aliphatic carbocycles. The minimum atomic E-state index is 0.362. The van der Waals surface area contributed by atoms with Crippen LogP contribution in [0.4, 0.5) is 0 Å². The molecule has 1 fully saturated rings. The van der Waals surface area contributed by atoms with Crippen LogP contribution in [0.25, 0.3) is 0 Å². The average Bonchev–Trinajstić information content (AvgIpc) is 2.67. The minimum absolute atomic E-state index is 0.362. The van der Waals surface area contributed by atoms with Crippen LogP contribution < -0.4 is 5.32 Å². The van der Waals surface area contributed by atoms with Gasteiger partial charge < -0.3 is 14.6 Å². The summed E-state index contributed by atoms with van der Waals surface area (Å²) in [6.07, 6.45) is 2.14. The van der Waals surface area contributed by atoms with Gasteiger partial charge in [0.1, 0.15) is 0 Å². The van der Waals surface area contributed by atoms with Crippen LogP contribution in [-0.2, 0) is 4.74 Å². The molecule has 2 rings (SSSR count). The van der Waals surface area contributed by atoms with Crippen LogP contribution in [0, 0.1) is 0 Å². The van der Waals surface area contributed by atoms with Crippen LogP contribution in [0.3, 0.4) is 0 Å². The van der Waals surface area contributed by atoms with Crippen molar-refractivity contribution in [2.24, 2.45) is 0 Å². The minimum Gasteiger partial charge on any atom is -0.378 e. The first-order valence-electron chi connectivity index (χ1n) is 5.27. The van der Waals surface area contributed by atoms with Gasteiger partial charge >= 0.3 is 0 Å². The molecule has 2 heterocycles. The number of aromatic nitrogens is 1. The number of ether oxygens (including phenoxy) is 1. The molecule has 78 valence electrons. The van der Waals surface area contributed by atoms with Gasteiger partial charge in [0, 0.05) is 24.5 Å². The summed E-state index contributed by atoms with van der Waals surface area (Å²) in [6.45, 7) is 6.98. The van der Waals surface area contributed by atoms with E-state index in [9.17, 15) is 0 Å². The number of rotatable bonds is 2. The molecule has 1 aromatic rings. The Kier molecular flexibility index (Phi) is 2.89. The largest absolute Gasteiger partial charge is 0.378 e. The normalized spacial score (nSPS) is 22.9. The lowest BCUT2D eigenvalue weighted by atomic mass is 10.2. The van der Waals surface area contributed by atoms with Gasteiger partial charge in [0.2, 0.25) is 0 Å². The van der Waals surface area contributed by atoms with Crippen LogP contribution >= 0.6 is 0 Å². The molecule has 1 aromatic heterocycles. The third kappa shape index (κ3) is 1.83. The molecule has 1 aliphatic heterocycles. The van der Waals surface area contributed by atoms with Crippen LogP contribution in [0.5, 0.6) is 0 Å². The molecule has 1 aliphatic rings. The van der Waals surface area contributed by atoms with Gasteiger partial charge in [-0.15, -0.1) is 0 Å². The third-order valence-electron chi connectivity index (χ3n) is 2.65. The van der Waals surface area contributed by atoms with E-state index in [1.807, 2.05) is 0 Å². The topological polar surface area (TPSA) is 26.2 Å². The molecule has 0 amide bonds. The molecule has 0 unspecified atom stereocenters. The van der Waals surface area contributed by atoms with Gasteiger partial charge in [-0.1, -0.05) is 0 Å². The van der Waals surface area contributed by atoms with Gasteiger partial charge in [-0.25, -0.2) is 0 Å². The predicted octanol–water partition coefficient (Wildman–Crippen LogP) is 1.73. The monoisotopic (exact) mass is 194 g/mol. The molecule has 0 saturated carbocycles. The molecule has 0 radical (unpaired) electrons. The van der Waals surface area contributed by atoms with Gasteiger partial charge in [0.05, 0.1) is 19.3 Å². The number of nitrogens with one attached hydrogen (secondary N) is 1. The van der Waals surface area contributed by atoms with Crippen LogP contribution in [0.15, 0.2) is 18.3 Å². The first-order valence-corrected chi connectivity index (χ1v) is 5.27. The quantitative estimate of drug-likeness (QED) is 0.776. The first kappa shape index (κ1) is 9.74. The highest BCUT2D eigenvalue weighted by Crippen LogP contribution is 2.20. The van der Waals surface area contributed by atoms with E-state index < -0.39 is 0 Å². The maximum absolute atomic E-state index is 5.46. The number of morpholine rings is 1. The summed E-state index contributed by atoms with van der Waals surface area (Å²) in [5, 5.41) is 3.47. The van der Waals surface area contributed by atoms with Crippen molar-refractivity contribution in [3.05, 3.63) is 24.0 Å². The highest BCUT2D eigenvalue weighted by Gasteiger charge is 2.18. The summed E-state index contributed by atoms with van der Waals surface area (Å²) < 4.78 is 7.76. The zero-order valence-electron chi connectivity index (χ0n) is 8.86. The van der Waals surface area contributed by atoms with Gasteiger partial charge in [0.25, 0.3) is 0 Å². The first-order chi connectivity index (χ1) is 6.79. The van der Waals surface area contributed by atoms with Crippen molar-refractivity contribution in [2.45, 2.75) is 25.9 Å². The Labute approximate surface area is 85.1 Å². The van der Waals surface area contributed by atoms with Crippen LogP contribution in [-0.4, -0.2) is 24.3 Å². The maximum Gasteiger partial charge on any atom is 0.0713 e. The van der Waals surface area contributed by atoms with Gasteiger partial charge in [0.15, 0.2) is 0 Å². The lowest BCUT2D eigenvalue weighted by Crippen LogP contribution is -2.35. The van der Waals surface area contributed by atoms with Crippen LogP contribution in [0.2, 0.25) is 0 Å². The molecule has 14 heavy (non-hydrogen) atoms. The zero-order valence-corrected chi connectivity index (χ0v) is 8.86. The van der Waals surface area contributed by atoms with E-state index in [-0.39, 0.29) is 0 Å². The second-order valence-corrected chi connectivity index (χ2v) is 4.02. The van der Waals surface area contributed by atoms with Gasteiger partial charge in [-0.3, -0.25) is 0 Å². The van der Waals surface area contributed by atoms with E-state index in [1.54, 1.807) is 0 Å². The Balaban J connectivity index is 2.17. The van der Waals surface area contributed by atoms with Crippen molar-refractivity contribution in [1.29, 1.82) is 0 Å². The summed E-state index contributed by atoms with van der Waals surface area (Å²) >= 11 is 0. The molecule has 1 atom stereocenters. The molecule has 3 nitrogen and oxygen atoms in total. The van der Waals surface area contributed by atoms with Crippen molar-refractivity contribution in [1.82, 2.24) is 9.88 Å². The fraction of sp³-hybridized carbons (Fsp3) is 0.636. The Bertz CT molecular complexity index is 287. The number of hydrogen-bond donors (Lipinski definition) is 1. The van der Waals surface area contributed by atoms with Crippen molar-refractivity contribution >= 4 is 0 Å². The molecular weight excluding hydrogens is 176 g/mol. The molecule has 0 bridgehead atoms. The van der Waals surface area contributed by atoms with E-state index >= 15 is 0 Å². The van der Waals surface area contributed by atoms with Crippen LogP contribution in [0.1, 0.15) is 31.6 Å². The number of hydrogen-bond acceptors (Lipinski definition) is 2. The average molecular weight is 194 g/mol. The zero-order chi connectivity index (χ0) is 9.97. The Morgan fingerprint density at radius 2 is 2.43 bits per heavy atom. The Hall–Kier alpha value is -0.800. The smallest absolute Gasteiger partial charge is 0.0713 e. The summed E-state index contributed by atoms with van der Waals surface area (Å²) in [5.74, 6) is 0. The second kappa shape index (κ2) is 4.15. The molecule has 1 N–H and O–H groups in total. The highest BCUT2D eigenvalue weighted by molar-refractivity contribution is 5.13. The van der Waals surface area contributed by atoms with Crippen molar-refractivity contribution in [2.75, 3.05) is 19.8 Å². The van der Waals surface area contributed by atoms with Gasteiger partial charge in [-0.2, -0.15) is 0 Å². The fourth-order valence-electron chi connectivity index (χ4n) is 1.93. The Morgan fingerprint density at radius 1 is 1.57 bits per heavy atom. The molecule has 3 heteroatoms. The molecule has 0 spiro atoms. The fourth-order valence-corrected chi connectivity index (χ4v) is 1.93. The summed E-state index contributed by atoms with van der Waals surface area (Å²) in [7, 11) is 0. The number of nitrogens with zero attached hydrogens (tertiary/aromatic N) is 1. The van der Waals surface area contributed by atoms with Crippen molar-refractivity contribution in [3.63, 3.8) is 0 Å². The lowest BCUT2D eigenvalue weighted by molar-refractivity contribution is 0.0742. The molecule has 1 saturated heterocycles. The second-order valence-electron chi connectivity index (χ2n) is 4.02. The van der Waals surface area contributed by atoms with Gasteiger partial charge in [-0.05, 0) is 26.0 Å². The molecular formula is C11H18N2O. The summed E-state index contributed by atoms with van der Waals surface area (Å²) in [6, 6.07) is 5.16.